The van der Waals surface area contributed by atoms with E-state index >= 15 is 0 Å². The zero-order valence-corrected chi connectivity index (χ0v) is 14.6. The van der Waals surface area contributed by atoms with E-state index in [9.17, 15) is 9.18 Å². The summed E-state index contributed by atoms with van der Waals surface area (Å²) >= 11 is 5.97. The van der Waals surface area contributed by atoms with Crippen molar-refractivity contribution in [2.75, 3.05) is 0 Å². The highest BCUT2D eigenvalue weighted by molar-refractivity contribution is 6.30. The quantitative estimate of drug-likeness (QED) is 0.713. The molecule has 5 heteroatoms. The number of halogens is 2. The molecular formula is C20H18ClFN2O. The first-order chi connectivity index (χ1) is 12.0. The van der Waals surface area contributed by atoms with Gasteiger partial charge in [-0.3, -0.25) is 4.79 Å². The van der Waals surface area contributed by atoms with Gasteiger partial charge in [0.25, 0.3) is 5.91 Å². The van der Waals surface area contributed by atoms with Crippen LogP contribution in [-0.4, -0.2) is 10.5 Å². The molecule has 128 valence electrons. The van der Waals surface area contributed by atoms with Crippen LogP contribution in [0.2, 0.25) is 5.02 Å². The van der Waals surface area contributed by atoms with Gasteiger partial charge in [0.15, 0.2) is 0 Å². The Morgan fingerprint density at radius 2 is 1.88 bits per heavy atom. The van der Waals surface area contributed by atoms with Crippen molar-refractivity contribution in [3.63, 3.8) is 0 Å². The second kappa shape index (κ2) is 7.11. The van der Waals surface area contributed by atoms with E-state index < -0.39 is 5.91 Å². The van der Waals surface area contributed by atoms with Gasteiger partial charge in [-0.1, -0.05) is 35.9 Å². The van der Waals surface area contributed by atoms with Gasteiger partial charge >= 0.3 is 0 Å². The molecule has 0 fully saturated rings. The summed E-state index contributed by atoms with van der Waals surface area (Å²) in [6.07, 6.45) is 0.645. The second-order valence-corrected chi connectivity index (χ2v) is 6.37. The lowest BCUT2D eigenvalue weighted by Crippen LogP contribution is -2.13. The number of primary amides is 1. The zero-order valence-electron chi connectivity index (χ0n) is 13.8. The summed E-state index contributed by atoms with van der Waals surface area (Å²) < 4.78 is 15.4. The van der Waals surface area contributed by atoms with E-state index in [1.807, 2.05) is 29.7 Å². The van der Waals surface area contributed by atoms with Crippen LogP contribution in [0.5, 0.6) is 0 Å². The Balaban J connectivity index is 1.98. The molecule has 1 heterocycles. The number of nitrogens with zero attached hydrogens (tertiary/aromatic N) is 1. The summed E-state index contributed by atoms with van der Waals surface area (Å²) in [5.41, 5.74) is 9.52. The number of aromatic nitrogens is 1. The summed E-state index contributed by atoms with van der Waals surface area (Å²) in [5.74, 6) is -0.713. The standard InChI is InChI=1S/C20H18ClFN2O/c1-13-18(20(23)25)12-19(15-5-7-16(21)8-6-15)24(13)10-9-14-3-2-4-17(22)11-14/h2-8,11-12H,9-10H2,1H3,(H2,23,25). The number of hydrogen-bond acceptors (Lipinski definition) is 1. The van der Waals surface area contributed by atoms with Gasteiger partial charge in [0.1, 0.15) is 5.82 Å². The topological polar surface area (TPSA) is 48.0 Å². The number of carbonyl (C=O) groups is 1. The van der Waals surface area contributed by atoms with Crippen molar-refractivity contribution in [1.82, 2.24) is 4.57 Å². The number of carbonyl (C=O) groups excluding carboxylic acids is 1. The van der Waals surface area contributed by atoms with Crippen LogP contribution in [0.4, 0.5) is 4.39 Å². The van der Waals surface area contributed by atoms with E-state index in [2.05, 4.69) is 0 Å². The smallest absolute Gasteiger partial charge is 0.250 e. The summed E-state index contributed by atoms with van der Waals surface area (Å²) in [7, 11) is 0. The number of aryl methyl sites for hydroxylation is 1. The molecule has 0 aliphatic rings. The van der Waals surface area contributed by atoms with Crippen LogP contribution in [0, 0.1) is 12.7 Å². The third kappa shape index (κ3) is 3.74. The minimum atomic E-state index is -0.461. The van der Waals surface area contributed by atoms with Gasteiger partial charge in [0.2, 0.25) is 0 Å². The molecule has 3 aromatic rings. The average Bonchev–Trinajstić information content (AvgIpc) is 2.91. The van der Waals surface area contributed by atoms with Gasteiger partial charge in [-0.05, 0) is 54.8 Å². The molecule has 0 saturated heterocycles. The molecule has 0 spiro atoms. The molecule has 3 rings (SSSR count). The highest BCUT2D eigenvalue weighted by Gasteiger charge is 2.16. The monoisotopic (exact) mass is 356 g/mol. The maximum atomic E-state index is 13.4. The Morgan fingerprint density at radius 3 is 2.52 bits per heavy atom. The Labute approximate surface area is 150 Å². The molecule has 2 N–H and O–H groups in total. The van der Waals surface area contributed by atoms with Gasteiger partial charge in [-0.2, -0.15) is 0 Å². The van der Waals surface area contributed by atoms with Crippen LogP contribution < -0.4 is 5.73 Å². The maximum absolute atomic E-state index is 13.4. The minimum Gasteiger partial charge on any atom is -0.366 e. The SMILES string of the molecule is Cc1c(C(N)=O)cc(-c2ccc(Cl)cc2)n1CCc1cccc(F)c1. The molecule has 1 amide bonds. The molecule has 0 bridgehead atoms. The first-order valence-electron chi connectivity index (χ1n) is 7.96. The number of hydrogen-bond donors (Lipinski definition) is 1. The Hall–Kier alpha value is -2.59. The maximum Gasteiger partial charge on any atom is 0.250 e. The third-order valence-electron chi connectivity index (χ3n) is 4.29. The van der Waals surface area contributed by atoms with E-state index in [1.54, 1.807) is 24.3 Å². The predicted molar refractivity (Wildman–Crippen MR) is 98.2 cm³/mol. The first kappa shape index (κ1) is 17.2. The first-order valence-corrected chi connectivity index (χ1v) is 8.34. The van der Waals surface area contributed by atoms with Crippen molar-refractivity contribution in [1.29, 1.82) is 0 Å². The Bertz CT molecular complexity index is 916. The van der Waals surface area contributed by atoms with Crippen LogP contribution >= 0.6 is 11.6 Å². The molecular weight excluding hydrogens is 339 g/mol. The largest absolute Gasteiger partial charge is 0.366 e. The van der Waals surface area contributed by atoms with Gasteiger partial charge in [-0.25, -0.2) is 4.39 Å². The van der Waals surface area contributed by atoms with E-state index in [0.717, 1.165) is 22.5 Å². The molecule has 0 saturated carbocycles. The second-order valence-electron chi connectivity index (χ2n) is 5.93. The Kier molecular flexibility index (Phi) is 4.91. The third-order valence-corrected chi connectivity index (χ3v) is 4.54. The van der Waals surface area contributed by atoms with Crippen LogP contribution in [-0.2, 0) is 13.0 Å². The van der Waals surface area contributed by atoms with Crippen molar-refractivity contribution in [2.45, 2.75) is 19.9 Å². The molecule has 0 aliphatic heterocycles. The van der Waals surface area contributed by atoms with Crippen LogP contribution in [0.1, 0.15) is 21.6 Å². The lowest BCUT2D eigenvalue weighted by Gasteiger charge is -2.12. The predicted octanol–water partition coefficient (Wildman–Crippen LogP) is 4.60. The van der Waals surface area contributed by atoms with Crippen LogP contribution in [0.25, 0.3) is 11.3 Å². The fourth-order valence-corrected chi connectivity index (χ4v) is 3.10. The van der Waals surface area contributed by atoms with Crippen molar-refractivity contribution < 1.29 is 9.18 Å². The molecule has 1 aromatic heterocycles. The molecule has 0 aliphatic carbocycles. The number of nitrogens with two attached hydrogens (primary N) is 1. The lowest BCUT2D eigenvalue weighted by atomic mass is 10.1. The van der Waals surface area contributed by atoms with Gasteiger partial charge < -0.3 is 10.3 Å². The average molecular weight is 357 g/mol. The normalized spacial score (nSPS) is 10.8. The van der Waals surface area contributed by atoms with Gasteiger partial charge in [0.05, 0.1) is 5.56 Å². The number of benzene rings is 2. The Morgan fingerprint density at radius 1 is 1.16 bits per heavy atom. The van der Waals surface area contributed by atoms with Crippen LogP contribution in [0.15, 0.2) is 54.6 Å². The van der Waals surface area contributed by atoms with Crippen LogP contribution in [0.3, 0.4) is 0 Å². The highest BCUT2D eigenvalue weighted by Crippen LogP contribution is 2.27. The minimum absolute atomic E-state index is 0.252. The van der Waals surface area contributed by atoms with Gasteiger partial charge in [0, 0.05) is 23.0 Å². The van der Waals surface area contributed by atoms with Crippen molar-refractivity contribution in [2.24, 2.45) is 5.73 Å². The summed E-state index contributed by atoms with van der Waals surface area (Å²) in [5, 5.41) is 0.647. The van der Waals surface area contributed by atoms with Crippen molar-refractivity contribution in [3.8, 4) is 11.3 Å². The van der Waals surface area contributed by atoms with E-state index in [1.165, 1.54) is 12.1 Å². The fourth-order valence-electron chi connectivity index (χ4n) is 2.98. The highest BCUT2D eigenvalue weighted by atomic mass is 35.5. The molecule has 3 nitrogen and oxygen atoms in total. The zero-order chi connectivity index (χ0) is 18.0. The summed E-state index contributed by atoms with van der Waals surface area (Å²) in [6, 6.07) is 15.7. The lowest BCUT2D eigenvalue weighted by molar-refractivity contribution is 0.0999. The van der Waals surface area contributed by atoms with E-state index in [-0.39, 0.29) is 5.82 Å². The molecule has 25 heavy (non-hydrogen) atoms. The van der Waals surface area contributed by atoms with Crippen molar-refractivity contribution >= 4 is 17.5 Å². The number of rotatable bonds is 5. The number of amides is 1. The molecule has 0 unspecified atom stereocenters. The fraction of sp³-hybridized carbons (Fsp3) is 0.150. The van der Waals surface area contributed by atoms with E-state index in [0.29, 0.717) is 23.6 Å². The van der Waals surface area contributed by atoms with E-state index in [4.69, 9.17) is 17.3 Å². The molecule has 0 radical (unpaired) electrons. The van der Waals surface area contributed by atoms with Crippen molar-refractivity contribution in [3.05, 3.63) is 82.3 Å². The van der Waals surface area contributed by atoms with Gasteiger partial charge in [-0.15, -0.1) is 0 Å². The summed E-state index contributed by atoms with van der Waals surface area (Å²) in [4.78, 5) is 11.7. The molecule has 2 aromatic carbocycles. The molecule has 0 atom stereocenters. The summed E-state index contributed by atoms with van der Waals surface area (Å²) in [6.45, 7) is 2.48.